The molecule has 3 aliphatic carbocycles. The first-order valence-electron chi connectivity index (χ1n) is 10.5. The lowest BCUT2D eigenvalue weighted by atomic mass is 9.40. The van der Waals surface area contributed by atoms with Gasteiger partial charge in [-0.3, -0.25) is 4.79 Å². The zero-order valence-corrected chi connectivity index (χ0v) is 17.1. The van der Waals surface area contributed by atoms with Crippen molar-refractivity contribution < 1.29 is 9.90 Å². The number of fused-ring (bicyclic) bond motifs is 2. The van der Waals surface area contributed by atoms with E-state index in [1.165, 1.54) is 21.0 Å². The van der Waals surface area contributed by atoms with Crippen molar-refractivity contribution in [3.63, 3.8) is 0 Å². The Balaban J connectivity index is 1.45. The van der Waals surface area contributed by atoms with Gasteiger partial charge in [-0.25, -0.2) is 0 Å². The van der Waals surface area contributed by atoms with Crippen LogP contribution in [-0.4, -0.2) is 31.0 Å². The Morgan fingerprint density at radius 3 is 2.24 bits per heavy atom. The number of Topliss-reactive ketones (excluding diaryl/α,β-unsaturated/α-hetero) is 1. The topological polar surface area (TPSA) is 37.3 Å². The maximum Gasteiger partial charge on any atom is 0.138 e. The normalized spacial score (nSPS) is 56.7. The average Bonchev–Trinajstić information content (AvgIpc) is 3.25. The van der Waals surface area contributed by atoms with E-state index in [0.29, 0.717) is 23.3 Å². The lowest BCUT2D eigenvalue weighted by Gasteiger charge is -2.48. The van der Waals surface area contributed by atoms with Gasteiger partial charge in [-0.05, 0) is 48.9 Å². The second-order valence-electron chi connectivity index (χ2n) is 12.8. The van der Waals surface area contributed by atoms with Crippen molar-refractivity contribution in [2.45, 2.75) is 96.1 Å². The molecule has 2 aliphatic heterocycles. The molecule has 5 aliphatic rings. The fourth-order valence-corrected chi connectivity index (χ4v) is 8.62. The van der Waals surface area contributed by atoms with E-state index in [1.54, 1.807) is 0 Å². The summed E-state index contributed by atoms with van der Waals surface area (Å²) in [7, 11) is 2.49. The zero-order chi connectivity index (χ0) is 18.3. The van der Waals surface area contributed by atoms with Crippen LogP contribution in [0.5, 0.6) is 0 Å². The Bertz CT molecular complexity index is 686. The first kappa shape index (κ1) is 16.9. The monoisotopic (exact) mass is 340 g/mol. The van der Waals surface area contributed by atoms with Gasteiger partial charge in [0.1, 0.15) is 20.3 Å². The fraction of sp³-hybridized carbons (Fsp3) is 0.952. The van der Waals surface area contributed by atoms with Gasteiger partial charge in [-0.15, -0.1) is 0 Å². The summed E-state index contributed by atoms with van der Waals surface area (Å²) in [5.41, 5.74) is -0.375. The van der Waals surface area contributed by atoms with E-state index in [2.05, 4.69) is 41.5 Å². The first-order valence-corrected chi connectivity index (χ1v) is 10.5. The molecule has 2 heterocycles. The standard InChI is InChI=1S/C21H34B2O2/c1-13-7-18(10-19(8-13)12-20(19,25)11-18)9-14(24)16(5,15(2,3)4)21-17(6,22-21)23-21/h13,22-23,25H,7-12H2,1-6H3. The third-order valence-corrected chi connectivity index (χ3v) is 10.2. The Morgan fingerprint density at radius 1 is 1.12 bits per heavy atom. The van der Waals surface area contributed by atoms with Crippen molar-refractivity contribution in [2.24, 2.45) is 27.6 Å². The molecule has 0 amide bonds. The molecule has 2 saturated heterocycles. The number of hydrogen-bond donors (Lipinski definition) is 1. The number of ketones is 1. The molecule has 5 rings (SSSR count). The molecule has 5 atom stereocenters. The molecule has 0 aromatic heterocycles. The number of rotatable bonds is 4. The van der Waals surface area contributed by atoms with Crippen molar-refractivity contribution in [3.8, 4) is 0 Å². The maximum atomic E-state index is 13.9. The molecule has 0 aromatic carbocycles. The molecule has 5 unspecified atom stereocenters. The van der Waals surface area contributed by atoms with Gasteiger partial charge in [0.25, 0.3) is 0 Å². The van der Waals surface area contributed by atoms with Gasteiger partial charge in [0.05, 0.1) is 5.60 Å². The van der Waals surface area contributed by atoms with Crippen LogP contribution >= 0.6 is 0 Å². The molecule has 2 bridgehead atoms. The van der Waals surface area contributed by atoms with Gasteiger partial charge >= 0.3 is 0 Å². The van der Waals surface area contributed by atoms with Gasteiger partial charge in [0.15, 0.2) is 0 Å². The highest BCUT2D eigenvalue weighted by Crippen LogP contribution is 2.93. The fourth-order valence-electron chi connectivity index (χ4n) is 8.62. The third-order valence-electron chi connectivity index (χ3n) is 10.2. The van der Waals surface area contributed by atoms with Crippen molar-refractivity contribution >= 4 is 20.3 Å². The van der Waals surface area contributed by atoms with Crippen LogP contribution in [0.1, 0.15) is 80.1 Å². The summed E-state index contributed by atoms with van der Waals surface area (Å²) in [6.45, 7) is 13.8. The van der Waals surface area contributed by atoms with Crippen LogP contribution < -0.4 is 0 Å². The predicted molar refractivity (Wildman–Crippen MR) is 105 cm³/mol. The minimum absolute atomic E-state index is 0.00534. The number of carbonyl (C=O) groups is 1. The lowest BCUT2D eigenvalue weighted by molar-refractivity contribution is -0.137. The van der Waals surface area contributed by atoms with E-state index in [-0.39, 0.29) is 26.9 Å². The third kappa shape index (κ3) is 1.72. The van der Waals surface area contributed by atoms with E-state index in [1.807, 2.05) is 0 Å². The Hall–Kier alpha value is -0.240. The van der Waals surface area contributed by atoms with Crippen molar-refractivity contribution in [2.75, 3.05) is 0 Å². The number of aliphatic hydroxyl groups is 1. The molecular weight excluding hydrogens is 306 g/mol. The van der Waals surface area contributed by atoms with Crippen molar-refractivity contribution in [3.05, 3.63) is 0 Å². The van der Waals surface area contributed by atoms with Crippen LogP contribution in [0.2, 0.25) is 10.4 Å². The first-order chi connectivity index (χ1) is 11.3. The van der Waals surface area contributed by atoms with Gasteiger partial charge in [0.2, 0.25) is 0 Å². The van der Waals surface area contributed by atoms with Crippen LogP contribution in [0, 0.1) is 27.6 Å². The highest BCUT2D eigenvalue weighted by molar-refractivity contribution is 7.05. The molecule has 136 valence electrons. The summed E-state index contributed by atoms with van der Waals surface area (Å²) in [6, 6.07) is 0. The molecular formula is C21H34B2O2. The van der Waals surface area contributed by atoms with Gasteiger partial charge in [-0.2, -0.15) is 0 Å². The lowest BCUT2D eigenvalue weighted by Crippen LogP contribution is -2.47. The second-order valence-corrected chi connectivity index (χ2v) is 12.8. The number of hydrogen-bond acceptors (Lipinski definition) is 2. The van der Waals surface area contributed by atoms with Crippen LogP contribution in [0.15, 0.2) is 0 Å². The van der Waals surface area contributed by atoms with Gasteiger partial charge in [-0.1, -0.05) is 52.0 Å². The van der Waals surface area contributed by atoms with E-state index >= 15 is 0 Å². The molecule has 2 nitrogen and oxygen atoms in total. The van der Waals surface area contributed by atoms with Crippen LogP contribution in [0.4, 0.5) is 0 Å². The quantitative estimate of drug-likeness (QED) is 0.796. The van der Waals surface area contributed by atoms with Gasteiger partial charge < -0.3 is 5.11 Å². The Morgan fingerprint density at radius 2 is 1.72 bits per heavy atom. The van der Waals surface area contributed by atoms with Crippen LogP contribution in [0.3, 0.4) is 0 Å². The van der Waals surface area contributed by atoms with Gasteiger partial charge in [0, 0.05) is 17.3 Å². The molecule has 4 heteroatoms. The Labute approximate surface area is 154 Å². The number of carbonyl (C=O) groups excluding carboxylic acids is 1. The van der Waals surface area contributed by atoms with Crippen molar-refractivity contribution in [1.29, 1.82) is 0 Å². The summed E-state index contributed by atoms with van der Waals surface area (Å²) in [4.78, 5) is 13.9. The zero-order valence-electron chi connectivity index (χ0n) is 17.1. The molecule has 5 fully saturated rings. The second kappa shape index (κ2) is 3.96. The molecule has 1 N–H and O–H groups in total. The van der Waals surface area contributed by atoms with Crippen molar-refractivity contribution in [1.82, 2.24) is 0 Å². The Kier molecular flexibility index (Phi) is 2.68. The van der Waals surface area contributed by atoms with E-state index in [4.69, 9.17) is 0 Å². The highest BCUT2D eigenvalue weighted by atomic mass is 16.3. The van der Waals surface area contributed by atoms with E-state index in [9.17, 15) is 9.90 Å². The molecule has 25 heavy (non-hydrogen) atoms. The maximum absolute atomic E-state index is 13.9. The SMILES string of the molecule is CC1CC2(CC(=O)C(C)(C(C)(C)C)C34BC3(C)B4)CC3(O)CC3(C1)C2. The predicted octanol–water partition coefficient (Wildman–Crippen LogP) is 3.48. The summed E-state index contributed by atoms with van der Waals surface area (Å²) >= 11 is 0. The summed E-state index contributed by atoms with van der Waals surface area (Å²) in [5.74, 6) is 1.17. The van der Waals surface area contributed by atoms with Crippen LogP contribution in [0.25, 0.3) is 0 Å². The largest absolute Gasteiger partial charge is 0.389 e. The summed E-state index contributed by atoms with van der Waals surface area (Å²) in [5, 5.41) is 11.7. The van der Waals surface area contributed by atoms with Crippen LogP contribution in [-0.2, 0) is 4.79 Å². The summed E-state index contributed by atoms with van der Waals surface area (Å²) < 4.78 is 0. The molecule has 0 radical (unpaired) electrons. The van der Waals surface area contributed by atoms with E-state index in [0.717, 1.165) is 25.7 Å². The van der Waals surface area contributed by atoms with E-state index < -0.39 is 5.60 Å². The average molecular weight is 340 g/mol. The summed E-state index contributed by atoms with van der Waals surface area (Å²) in [6.07, 6.45) is 6.04. The smallest absolute Gasteiger partial charge is 0.138 e. The molecule has 1 spiro atoms. The minimum atomic E-state index is -0.428. The molecule has 3 saturated carbocycles. The highest BCUT2D eigenvalue weighted by Gasteiger charge is 2.89. The molecule has 0 aromatic rings. The minimum Gasteiger partial charge on any atom is -0.389 e.